The largest absolute Gasteiger partial charge is 1.00 e. The number of rotatable bonds is 6. The topological polar surface area (TPSA) is 335 Å². The summed E-state index contributed by atoms with van der Waals surface area (Å²) in [6.45, 7) is -1.11. The van der Waals surface area contributed by atoms with Crippen molar-refractivity contribution in [3.63, 3.8) is 0 Å². The Kier molecular flexibility index (Phi) is 11.9. The maximum atomic E-state index is 11.8. The van der Waals surface area contributed by atoms with Gasteiger partial charge in [-0.2, -0.15) is 9.98 Å². The van der Waals surface area contributed by atoms with Crippen molar-refractivity contribution in [3.8, 4) is 0 Å². The molecule has 0 saturated carbocycles. The molecule has 10 atom stereocenters. The second kappa shape index (κ2) is 14.4. The number of carbonyl (C=O) groups is 4. The molecule has 0 aromatic rings. The number of hydrogen-bond donors (Lipinski definition) is 6. The molecule has 2 unspecified atom stereocenters. The molecule has 2 fully saturated rings. The Hall–Kier alpha value is -2.42. The zero-order valence-electron chi connectivity index (χ0n) is 23.9. The van der Waals surface area contributed by atoms with Crippen molar-refractivity contribution >= 4 is 60.8 Å². The van der Waals surface area contributed by atoms with Crippen molar-refractivity contribution in [1.82, 2.24) is 9.80 Å². The van der Waals surface area contributed by atoms with Crippen LogP contribution in [0.4, 0.5) is 0 Å². The molecule has 6 rings (SSSR count). The van der Waals surface area contributed by atoms with Crippen LogP contribution in [0.3, 0.4) is 0 Å². The van der Waals surface area contributed by atoms with Crippen molar-refractivity contribution in [2.75, 3.05) is 13.2 Å². The smallest absolute Gasteiger partial charge is 0.546 e. The SMILES string of the molecule is O=C([O-])C12N=CN([C@@H]3O[C@H](CO)[C@@H](O)[C@H]3O)C1=NC=NC2=O.O=C([O-])C12N=CN([C@@H]3O[C@H](CO)[C@@H](O)[C@H]3O)C1=NC=NC2=O.[Na+].[Na+]. The molecule has 236 valence electrons. The van der Waals surface area contributed by atoms with E-state index in [2.05, 4.69) is 30.0 Å². The van der Waals surface area contributed by atoms with Gasteiger partial charge in [0.15, 0.2) is 24.1 Å². The Morgan fingerprint density at radius 2 is 1.07 bits per heavy atom. The minimum atomic E-state index is -2.43. The summed E-state index contributed by atoms with van der Waals surface area (Å²) in [6.07, 6.45) is -6.82. The number of aliphatic carboxylic acids is 2. The molecule has 6 aliphatic heterocycles. The molecule has 2 amide bonds. The van der Waals surface area contributed by atoms with E-state index in [0.717, 1.165) is 35.2 Å². The van der Waals surface area contributed by atoms with Crippen molar-refractivity contribution < 1.29 is 129 Å². The first kappa shape index (κ1) is 38.0. The fraction of sp³-hybridized carbons (Fsp3) is 0.545. The standard InChI is InChI=1S/2C11H12N4O7.2Na/c2*16-1-4-5(17)6(18)7(22-4)15-3-14-11(10(20)21)8(15)12-2-13-9(11)19;;/h2*2-7,16-18H,1H2,(H,20,21);;/q;;2*+1/p-2/t2*4-,5-,6-,7-,11?;;/m11../s1. The van der Waals surface area contributed by atoms with E-state index in [4.69, 9.17) is 19.7 Å². The van der Waals surface area contributed by atoms with Gasteiger partial charge in [-0.15, -0.1) is 0 Å². The minimum Gasteiger partial charge on any atom is -0.546 e. The van der Waals surface area contributed by atoms with Gasteiger partial charge < -0.3 is 59.9 Å². The zero-order valence-corrected chi connectivity index (χ0v) is 27.9. The summed E-state index contributed by atoms with van der Waals surface area (Å²) < 4.78 is 10.5. The summed E-state index contributed by atoms with van der Waals surface area (Å²) in [5, 5.41) is 80.3. The monoisotopic (exact) mass is 668 g/mol. The van der Waals surface area contributed by atoms with Crippen molar-refractivity contribution in [2.45, 2.75) is 60.2 Å². The number of ether oxygens (including phenoxy) is 2. The minimum absolute atomic E-state index is 0. The van der Waals surface area contributed by atoms with Gasteiger partial charge in [-0.1, -0.05) is 0 Å². The maximum Gasteiger partial charge on any atom is 1.00 e. The first-order valence-electron chi connectivity index (χ1n) is 12.5. The second-order valence-electron chi connectivity index (χ2n) is 9.76. The van der Waals surface area contributed by atoms with Gasteiger partial charge in [0.1, 0.15) is 49.3 Å². The molecule has 46 heavy (non-hydrogen) atoms. The molecule has 6 aliphatic rings. The number of amides is 2. The van der Waals surface area contributed by atoms with E-state index in [1.165, 1.54) is 0 Å². The Balaban J connectivity index is 0.000000240. The normalized spacial score (nSPS) is 38.3. The summed E-state index contributed by atoms with van der Waals surface area (Å²) in [4.78, 5) is 69.7. The molecule has 0 radical (unpaired) electrons. The molecule has 24 heteroatoms. The van der Waals surface area contributed by atoms with E-state index >= 15 is 0 Å². The van der Waals surface area contributed by atoms with Crippen LogP contribution in [0.15, 0.2) is 30.0 Å². The average Bonchev–Trinajstić information content (AvgIpc) is 3.73. The fourth-order valence-corrected chi connectivity index (χ4v) is 5.03. The fourth-order valence-electron chi connectivity index (χ4n) is 5.03. The number of carboxylic acid groups (broad SMARTS) is 2. The van der Waals surface area contributed by atoms with Gasteiger partial charge >= 0.3 is 59.1 Å². The zero-order chi connectivity index (χ0) is 32.1. The summed E-state index contributed by atoms with van der Waals surface area (Å²) >= 11 is 0. The number of aliphatic imine (C=N–C) groups is 6. The molecule has 0 aromatic heterocycles. The number of fused-ring (bicyclic) bond motifs is 2. The van der Waals surface area contributed by atoms with Gasteiger partial charge in [0, 0.05) is 0 Å². The van der Waals surface area contributed by atoms with Gasteiger partial charge in [-0.3, -0.25) is 19.4 Å². The van der Waals surface area contributed by atoms with E-state index in [0.29, 0.717) is 0 Å². The summed E-state index contributed by atoms with van der Waals surface area (Å²) in [7, 11) is 0. The van der Waals surface area contributed by atoms with Gasteiger partial charge in [-0.25, -0.2) is 20.0 Å². The third kappa shape index (κ3) is 5.70. The number of carbonyl (C=O) groups excluding carboxylic acids is 4. The Morgan fingerprint density at radius 1 is 0.717 bits per heavy atom. The predicted octanol–water partition coefficient (Wildman–Crippen LogP) is -15.5. The summed E-state index contributed by atoms with van der Waals surface area (Å²) in [5.74, 6) is -6.55. The summed E-state index contributed by atoms with van der Waals surface area (Å²) in [5.41, 5.74) is -4.86. The van der Waals surface area contributed by atoms with Crippen LogP contribution in [0.5, 0.6) is 0 Å². The van der Waals surface area contributed by atoms with Crippen molar-refractivity contribution in [1.29, 1.82) is 0 Å². The van der Waals surface area contributed by atoms with Gasteiger partial charge in [0.2, 0.25) is 11.1 Å². The molecular formula is C22H22N8Na2O14. The van der Waals surface area contributed by atoms with Crippen LogP contribution in [0, 0.1) is 0 Å². The van der Waals surface area contributed by atoms with Crippen molar-refractivity contribution in [3.05, 3.63) is 0 Å². The number of carboxylic acids is 2. The van der Waals surface area contributed by atoms with Crippen LogP contribution in [-0.4, -0.2) is 175 Å². The van der Waals surface area contributed by atoms with Crippen LogP contribution in [0.1, 0.15) is 0 Å². The van der Waals surface area contributed by atoms with Crippen LogP contribution < -0.4 is 69.3 Å². The van der Waals surface area contributed by atoms with E-state index in [1.807, 2.05) is 0 Å². The number of amidine groups is 2. The molecule has 6 N–H and O–H groups in total. The van der Waals surface area contributed by atoms with E-state index in [9.17, 15) is 49.8 Å². The third-order valence-electron chi connectivity index (χ3n) is 7.39. The van der Waals surface area contributed by atoms with Crippen LogP contribution in [-0.2, 0) is 28.7 Å². The van der Waals surface area contributed by atoms with Gasteiger partial charge in [0.05, 0.1) is 37.8 Å². The number of aliphatic hydroxyl groups is 6. The quantitative estimate of drug-likeness (QED) is 0.113. The van der Waals surface area contributed by atoms with Crippen LogP contribution in [0.25, 0.3) is 0 Å². The Morgan fingerprint density at radius 3 is 1.35 bits per heavy atom. The van der Waals surface area contributed by atoms with Crippen LogP contribution in [0.2, 0.25) is 0 Å². The first-order chi connectivity index (χ1) is 20.9. The van der Waals surface area contributed by atoms with Crippen LogP contribution >= 0.6 is 0 Å². The van der Waals surface area contributed by atoms with Gasteiger partial charge in [-0.05, 0) is 0 Å². The second-order valence-corrected chi connectivity index (χ2v) is 9.76. The molecule has 0 aromatic carbocycles. The van der Waals surface area contributed by atoms with E-state index in [1.54, 1.807) is 0 Å². The molecular weight excluding hydrogens is 646 g/mol. The average molecular weight is 668 g/mol. The first-order valence-corrected chi connectivity index (χ1v) is 12.5. The molecule has 0 aliphatic carbocycles. The third-order valence-corrected chi connectivity index (χ3v) is 7.39. The summed E-state index contributed by atoms with van der Waals surface area (Å²) in [6, 6.07) is 0. The Labute approximate surface area is 300 Å². The number of hydrogen-bond acceptors (Lipinski definition) is 20. The predicted molar refractivity (Wildman–Crippen MR) is 134 cm³/mol. The Bertz CT molecular complexity index is 1350. The number of nitrogens with zero attached hydrogens (tertiary/aromatic N) is 8. The number of aliphatic hydroxyl groups excluding tert-OH is 6. The molecule has 2 saturated heterocycles. The molecule has 0 bridgehead atoms. The van der Waals surface area contributed by atoms with Crippen molar-refractivity contribution in [2.24, 2.45) is 30.0 Å². The van der Waals surface area contributed by atoms with E-state index in [-0.39, 0.29) is 70.8 Å². The molecule has 22 nitrogen and oxygen atoms in total. The van der Waals surface area contributed by atoms with Gasteiger partial charge in [0.25, 0.3) is 11.8 Å². The molecule has 6 heterocycles. The maximum absolute atomic E-state index is 11.8. The van der Waals surface area contributed by atoms with E-state index < -0.39 is 97.1 Å². The molecule has 0 spiro atoms.